The summed E-state index contributed by atoms with van der Waals surface area (Å²) in [6.45, 7) is 3.79. The van der Waals surface area contributed by atoms with E-state index in [0.29, 0.717) is 17.3 Å². The van der Waals surface area contributed by atoms with Gasteiger partial charge in [0, 0.05) is 35.7 Å². The summed E-state index contributed by atoms with van der Waals surface area (Å²) in [7, 11) is 0. The van der Waals surface area contributed by atoms with E-state index >= 15 is 0 Å². The maximum absolute atomic E-state index is 11.5. The lowest BCUT2D eigenvalue weighted by atomic mass is 10.1. The van der Waals surface area contributed by atoms with Gasteiger partial charge in [0.05, 0.1) is 6.20 Å². The van der Waals surface area contributed by atoms with Crippen molar-refractivity contribution < 1.29 is 4.79 Å². The molecule has 0 amide bonds. The monoisotopic (exact) mass is 374 g/mol. The van der Waals surface area contributed by atoms with Crippen molar-refractivity contribution in [1.82, 2.24) is 15.2 Å². The minimum absolute atomic E-state index is 0.00971. The average Bonchev–Trinajstić information content (AvgIpc) is 3.24. The highest BCUT2D eigenvalue weighted by atomic mass is 16.1. The van der Waals surface area contributed by atoms with Crippen LogP contribution < -0.4 is 15.5 Å². The molecule has 2 aromatic carbocycles. The molecule has 7 nitrogen and oxygen atoms in total. The average molecular weight is 374 g/mol. The second kappa shape index (κ2) is 8.04. The largest absolute Gasteiger partial charge is 0.372 e. The van der Waals surface area contributed by atoms with Crippen molar-refractivity contribution in [3.8, 4) is 0 Å². The summed E-state index contributed by atoms with van der Waals surface area (Å²) in [5, 5.41) is 14.4. The number of hydrogen-bond acceptors (Lipinski definition) is 7. The summed E-state index contributed by atoms with van der Waals surface area (Å²) in [6.07, 6.45) is 4.10. The van der Waals surface area contributed by atoms with Crippen molar-refractivity contribution in [2.24, 2.45) is 0 Å². The Morgan fingerprint density at radius 2 is 1.79 bits per heavy atom. The molecule has 7 heteroatoms. The van der Waals surface area contributed by atoms with Gasteiger partial charge in [0.2, 0.25) is 5.95 Å². The highest BCUT2D eigenvalue weighted by molar-refractivity contribution is 5.95. The summed E-state index contributed by atoms with van der Waals surface area (Å²) in [4.78, 5) is 18.4. The molecule has 0 saturated carbocycles. The van der Waals surface area contributed by atoms with Crippen LogP contribution in [0.3, 0.4) is 0 Å². The van der Waals surface area contributed by atoms with Crippen molar-refractivity contribution in [3.63, 3.8) is 0 Å². The normalized spacial score (nSPS) is 13.4. The number of anilines is 5. The molecule has 1 fully saturated rings. The first kappa shape index (κ1) is 17.9. The zero-order valence-corrected chi connectivity index (χ0v) is 15.7. The fraction of sp³-hybridized carbons (Fsp3) is 0.238. The van der Waals surface area contributed by atoms with Crippen LogP contribution in [0.2, 0.25) is 0 Å². The zero-order valence-electron chi connectivity index (χ0n) is 15.7. The van der Waals surface area contributed by atoms with E-state index in [0.717, 1.165) is 24.5 Å². The van der Waals surface area contributed by atoms with Gasteiger partial charge in [-0.3, -0.25) is 4.79 Å². The van der Waals surface area contributed by atoms with Crippen LogP contribution in [0.15, 0.2) is 54.7 Å². The maximum atomic E-state index is 11.5. The number of benzene rings is 2. The van der Waals surface area contributed by atoms with Crippen LogP contribution in [0.25, 0.3) is 0 Å². The summed E-state index contributed by atoms with van der Waals surface area (Å²) in [5.41, 5.74) is 3.55. The maximum Gasteiger partial charge on any atom is 0.249 e. The lowest BCUT2D eigenvalue weighted by Crippen LogP contribution is -2.17. The smallest absolute Gasteiger partial charge is 0.249 e. The first-order valence-electron chi connectivity index (χ1n) is 9.37. The van der Waals surface area contributed by atoms with Crippen LogP contribution >= 0.6 is 0 Å². The standard InChI is InChI=1S/C21H22N6O/c1-15(28)16-5-4-6-18(13-16)24-21-25-20(14-22-26-21)23-17-7-9-19(10-8-17)27-11-2-3-12-27/h4-10,13-14H,2-3,11-12H2,1H3,(H2,23,24,25,26). The molecule has 0 unspecified atom stereocenters. The third-order valence-electron chi connectivity index (χ3n) is 4.69. The van der Waals surface area contributed by atoms with Gasteiger partial charge in [-0.25, -0.2) is 0 Å². The molecule has 1 aromatic heterocycles. The van der Waals surface area contributed by atoms with Gasteiger partial charge in [-0.05, 0) is 56.2 Å². The SMILES string of the molecule is CC(=O)c1cccc(Nc2nncc(Nc3ccc(N4CCCC4)cc3)n2)c1. The van der Waals surface area contributed by atoms with E-state index in [4.69, 9.17) is 0 Å². The Bertz CT molecular complexity index is 967. The first-order chi connectivity index (χ1) is 13.7. The van der Waals surface area contributed by atoms with Gasteiger partial charge in [0.15, 0.2) is 11.6 Å². The molecule has 2 N–H and O–H groups in total. The Kier molecular flexibility index (Phi) is 5.14. The number of nitrogens with one attached hydrogen (secondary N) is 2. The second-order valence-electron chi connectivity index (χ2n) is 6.79. The Labute approximate surface area is 163 Å². The Hall–Kier alpha value is -3.48. The van der Waals surface area contributed by atoms with Gasteiger partial charge >= 0.3 is 0 Å². The molecular formula is C21H22N6O. The molecule has 0 radical (unpaired) electrons. The number of Topliss-reactive ketones (excluding diaryl/α,β-unsaturated/α-hetero) is 1. The van der Waals surface area contributed by atoms with E-state index in [1.54, 1.807) is 18.3 Å². The molecular weight excluding hydrogens is 352 g/mol. The van der Waals surface area contributed by atoms with E-state index in [1.165, 1.54) is 25.5 Å². The van der Waals surface area contributed by atoms with E-state index in [2.05, 4.69) is 42.8 Å². The van der Waals surface area contributed by atoms with E-state index < -0.39 is 0 Å². The van der Waals surface area contributed by atoms with Crippen LogP contribution in [-0.4, -0.2) is 34.1 Å². The second-order valence-corrected chi connectivity index (χ2v) is 6.79. The fourth-order valence-corrected chi connectivity index (χ4v) is 3.24. The van der Waals surface area contributed by atoms with Crippen LogP contribution in [0.4, 0.5) is 28.8 Å². The molecule has 0 spiro atoms. The highest BCUT2D eigenvalue weighted by Crippen LogP contribution is 2.23. The zero-order chi connectivity index (χ0) is 19.3. The van der Waals surface area contributed by atoms with Gasteiger partial charge in [-0.2, -0.15) is 10.1 Å². The molecule has 0 bridgehead atoms. The third-order valence-corrected chi connectivity index (χ3v) is 4.69. The van der Waals surface area contributed by atoms with Crippen LogP contribution in [0.1, 0.15) is 30.1 Å². The highest BCUT2D eigenvalue weighted by Gasteiger charge is 2.12. The topological polar surface area (TPSA) is 83.0 Å². The molecule has 2 heterocycles. The minimum Gasteiger partial charge on any atom is -0.372 e. The molecule has 1 aliphatic heterocycles. The number of rotatable bonds is 6. The van der Waals surface area contributed by atoms with Crippen molar-refractivity contribution in [3.05, 3.63) is 60.3 Å². The van der Waals surface area contributed by atoms with Gasteiger partial charge < -0.3 is 15.5 Å². The van der Waals surface area contributed by atoms with Gasteiger partial charge in [-0.1, -0.05) is 12.1 Å². The summed E-state index contributed by atoms with van der Waals surface area (Å²) < 4.78 is 0. The Balaban J connectivity index is 1.45. The summed E-state index contributed by atoms with van der Waals surface area (Å²) >= 11 is 0. The van der Waals surface area contributed by atoms with E-state index in [1.807, 2.05) is 24.3 Å². The quantitative estimate of drug-likeness (QED) is 0.627. The molecule has 0 atom stereocenters. The fourth-order valence-electron chi connectivity index (χ4n) is 3.24. The number of hydrogen-bond donors (Lipinski definition) is 2. The lowest BCUT2D eigenvalue weighted by molar-refractivity contribution is 0.101. The number of aromatic nitrogens is 3. The summed E-state index contributed by atoms with van der Waals surface area (Å²) in [6, 6.07) is 15.5. The van der Waals surface area contributed by atoms with E-state index in [9.17, 15) is 4.79 Å². The predicted octanol–water partition coefficient (Wildman–Crippen LogP) is 4.16. The van der Waals surface area contributed by atoms with Gasteiger partial charge in [0.25, 0.3) is 0 Å². The van der Waals surface area contributed by atoms with Crippen LogP contribution in [0.5, 0.6) is 0 Å². The molecule has 4 rings (SSSR count). The van der Waals surface area contributed by atoms with Crippen LogP contribution in [-0.2, 0) is 0 Å². The van der Waals surface area contributed by atoms with Crippen LogP contribution in [0, 0.1) is 0 Å². The third kappa shape index (κ3) is 4.25. The van der Waals surface area contributed by atoms with Crippen molar-refractivity contribution >= 4 is 34.6 Å². The minimum atomic E-state index is 0.00971. The molecule has 3 aromatic rings. The number of nitrogens with zero attached hydrogens (tertiary/aromatic N) is 4. The summed E-state index contributed by atoms with van der Waals surface area (Å²) in [5.74, 6) is 0.962. The molecule has 28 heavy (non-hydrogen) atoms. The Morgan fingerprint density at radius 3 is 2.54 bits per heavy atom. The van der Waals surface area contributed by atoms with Crippen molar-refractivity contribution in [2.75, 3.05) is 28.6 Å². The molecule has 142 valence electrons. The number of carbonyl (C=O) groups excluding carboxylic acids is 1. The first-order valence-corrected chi connectivity index (χ1v) is 9.37. The van der Waals surface area contributed by atoms with Gasteiger partial charge in [0.1, 0.15) is 0 Å². The predicted molar refractivity (Wildman–Crippen MR) is 111 cm³/mol. The van der Waals surface area contributed by atoms with Gasteiger partial charge in [-0.15, -0.1) is 5.10 Å². The molecule has 1 saturated heterocycles. The van der Waals surface area contributed by atoms with Crippen molar-refractivity contribution in [2.45, 2.75) is 19.8 Å². The number of ketones is 1. The molecule has 1 aliphatic rings. The van der Waals surface area contributed by atoms with Crippen molar-refractivity contribution in [1.29, 1.82) is 0 Å². The Morgan fingerprint density at radius 1 is 1.00 bits per heavy atom. The van der Waals surface area contributed by atoms with E-state index in [-0.39, 0.29) is 5.78 Å². The lowest BCUT2D eigenvalue weighted by Gasteiger charge is -2.17. The molecule has 0 aliphatic carbocycles. The number of carbonyl (C=O) groups is 1.